The van der Waals surface area contributed by atoms with Gasteiger partial charge in [0.25, 0.3) is 0 Å². The Morgan fingerprint density at radius 2 is 2.09 bits per heavy atom. The van der Waals surface area contributed by atoms with Crippen molar-refractivity contribution in [1.82, 2.24) is 5.32 Å². The standard InChI is InChI=1S/C8H11NO2/c1-5-2-8(3-5)4-6(10)9-7(8)11/h5H,2-4H2,1H3,(H,9,10,11). The first-order valence-electron chi connectivity index (χ1n) is 3.97. The molecule has 1 heterocycles. The number of nitrogens with one attached hydrogen (secondary N) is 1. The number of hydrogen-bond acceptors (Lipinski definition) is 2. The summed E-state index contributed by atoms with van der Waals surface area (Å²) >= 11 is 0. The summed E-state index contributed by atoms with van der Waals surface area (Å²) in [5.74, 6) is 0.481. The topological polar surface area (TPSA) is 46.2 Å². The molecule has 2 rings (SSSR count). The van der Waals surface area contributed by atoms with E-state index in [4.69, 9.17) is 0 Å². The van der Waals surface area contributed by atoms with Gasteiger partial charge in [-0.15, -0.1) is 0 Å². The van der Waals surface area contributed by atoms with Crippen LogP contribution in [0.15, 0.2) is 0 Å². The molecule has 0 aromatic rings. The van der Waals surface area contributed by atoms with Gasteiger partial charge in [-0.2, -0.15) is 0 Å². The third-order valence-electron chi connectivity index (χ3n) is 2.71. The summed E-state index contributed by atoms with van der Waals surface area (Å²) in [5.41, 5.74) is -0.281. The zero-order chi connectivity index (χ0) is 8.06. The SMILES string of the molecule is CC1CC2(CC(=O)NC2=O)C1. The van der Waals surface area contributed by atoms with Crippen LogP contribution < -0.4 is 5.32 Å². The zero-order valence-corrected chi connectivity index (χ0v) is 6.52. The Hall–Kier alpha value is -0.860. The lowest BCUT2D eigenvalue weighted by atomic mass is 9.62. The molecule has 60 valence electrons. The van der Waals surface area contributed by atoms with E-state index in [0.29, 0.717) is 12.3 Å². The van der Waals surface area contributed by atoms with Crippen LogP contribution in [0, 0.1) is 11.3 Å². The molecule has 0 aromatic heterocycles. The highest BCUT2D eigenvalue weighted by Gasteiger charge is 2.53. The fourth-order valence-corrected chi connectivity index (χ4v) is 2.30. The van der Waals surface area contributed by atoms with E-state index in [-0.39, 0.29) is 17.2 Å². The van der Waals surface area contributed by atoms with E-state index in [9.17, 15) is 9.59 Å². The number of imide groups is 1. The van der Waals surface area contributed by atoms with E-state index in [0.717, 1.165) is 12.8 Å². The first-order valence-corrected chi connectivity index (χ1v) is 3.97. The molecule has 3 nitrogen and oxygen atoms in total. The van der Waals surface area contributed by atoms with E-state index in [1.54, 1.807) is 0 Å². The minimum atomic E-state index is -0.281. The molecule has 1 saturated heterocycles. The fourth-order valence-electron chi connectivity index (χ4n) is 2.30. The van der Waals surface area contributed by atoms with Crippen LogP contribution >= 0.6 is 0 Å². The van der Waals surface area contributed by atoms with Crippen molar-refractivity contribution >= 4 is 11.8 Å². The molecule has 2 aliphatic rings. The lowest BCUT2D eigenvalue weighted by Crippen LogP contribution is -2.42. The van der Waals surface area contributed by atoms with Gasteiger partial charge in [-0.3, -0.25) is 14.9 Å². The molecule has 11 heavy (non-hydrogen) atoms. The van der Waals surface area contributed by atoms with Crippen molar-refractivity contribution in [2.75, 3.05) is 0 Å². The van der Waals surface area contributed by atoms with E-state index in [1.165, 1.54) is 0 Å². The van der Waals surface area contributed by atoms with Gasteiger partial charge in [-0.05, 0) is 18.8 Å². The molecule has 0 bridgehead atoms. The second-order valence-electron chi connectivity index (χ2n) is 3.85. The van der Waals surface area contributed by atoms with Crippen molar-refractivity contribution in [1.29, 1.82) is 0 Å². The molecule has 3 heteroatoms. The zero-order valence-electron chi connectivity index (χ0n) is 6.52. The van der Waals surface area contributed by atoms with Crippen molar-refractivity contribution in [3.63, 3.8) is 0 Å². The number of carbonyl (C=O) groups excluding carboxylic acids is 2. The molecule has 2 amide bonds. The Balaban J connectivity index is 2.16. The summed E-state index contributed by atoms with van der Waals surface area (Å²) in [6, 6.07) is 0. The van der Waals surface area contributed by atoms with Gasteiger partial charge >= 0.3 is 0 Å². The number of amides is 2. The Morgan fingerprint density at radius 1 is 1.45 bits per heavy atom. The van der Waals surface area contributed by atoms with Gasteiger partial charge in [0.15, 0.2) is 0 Å². The molecule has 0 aromatic carbocycles. The van der Waals surface area contributed by atoms with E-state index >= 15 is 0 Å². The van der Waals surface area contributed by atoms with E-state index in [2.05, 4.69) is 12.2 Å². The lowest BCUT2D eigenvalue weighted by molar-refractivity contribution is -0.134. The summed E-state index contributed by atoms with van der Waals surface area (Å²) in [7, 11) is 0. The molecule has 2 fully saturated rings. The smallest absolute Gasteiger partial charge is 0.233 e. The van der Waals surface area contributed by atoms with Gasteiger partial charge in [0.1, 0.15) is 0 Å². The van der Waals surface area contributed by atoms with Gasteiger partial charge in [0.05, 0.1) is 5.41 Å². The van der Waals surface area contributed by atoms with Crippen molar-refractivity contribution < 1.29 is 9.59 Å². The highest BCUT2D eigenvalue weighted by atomic mass is 16.2. The first-order chi connectivity index (χ1) is 5.12. The third kappa shape index (κ3) is 0.800. The van der Waals surface area contributed by atoms with Gasteiger partial charge in [0.2, 0.25) is 11.8 Å². The lowest BCUT2D eigenvalue weighted by Gasteiger charge is -2.40. The predicted molar refractivity (Wildman–Crippen MR) is 38.6 cm³/mol. The molecule has 0 radical (unpaired) electrons. The average Bonchev–Trinajstić information content (AvgIpc) is 2.06. The van der Waals surface area contributed by atoms with Gasteiger partial charge in [-0.1, -0.05) is 6.92 Å². The molecule has 1 aliphatic carbocycles. The predicted octanol–water partition coefficient (Wildman–Crippen LogP) is 0.449. The van der Waals surface area contributed by atoms with Crippen molar-refractivity contribution in [3.05, 3.63) is 0 Å². The molecular formula is C8H11NO2. The van der Waals surface area contributed by atoms with Crippen LogP contribution in [0.5, 0.6) is 0 Å². The summed E-state index contributed by atoms with van der Waals surface area (Å²) in [5, 5.41) is 2.35. The van der Waals surface area contributed by atoms with Crippen LogP contribution in [0.3, 0.4) is 0 Å². The average molecular weight is 153 g/mol. The Bertz CT molecular complexity index is 228. The van der Waals surface area contributed by atoms with Gasteiger partial charge < -0.3 is 0 Å². The van der Waals surface area contributed by atoms with Crippen LogP contribution in [0.25, 0.3) is 0 Å². The number of rotatable bonds is 0. The minimum Gasteiger partial charge on any atom is -0.296 e. The van der Waals surface area contributed by atoms with Gasteiger partial charge in [0, 0.05) is 6.42 Å². The maximum absolute atomic E-state index is 11.2. The van der Waals surface area contributed by atoms with Crippen LogP contribution in [-0.2, 0) is 9.59 Å². The largest absolute Gasteiger partial charge is 0.296 e. The van der Waals surface area contributed by atoms with Crippen LogP contribution in [-0.4, -0.2) is 11.8 Å². The maximum Gasteiger partial charge on any atom is 0.233 e. The number of carbonyl (C=O) groups is 2. The third-order valence-corrected chi connectivity index (χ3v) is 2.71. The second-order valence-corrected chi connectivity index (χ2v) is 3.85. The fraction of sp³-hybridized carbons (Fsp3) is 0.750. The van der Waals surface area contributed by atoms with E-state index in [1.807, 2.05) is 0 Å². The normalized spacial score (nSPS) is 42.5. The molecule has 0 atom stereocenters. The molecular weight excluding hydrogens is 142 g/mol. The van der Waals surface area contributed by atoms with Crippen molar-refractivity contribution in [2.24, 2.45) is 11.3 Å². The summed E-state index contributed by atoms with van der Waals surface area (Å²) in [4.78, 5) is 22.0. The Labute approximate surface area is 65.2 Å². The molecule has 1 aliphatic heterocycles. The minimum absolute atomic E-state index is 0.0411. The molecule has 0 unspecified atom stereocenters. The first kappa shape index (κ1) is 6.83. The second kappa shape index (κ2) is 1.84. The Kier molecular flexibility index (Phi) is 1.14. The molecule has 1 spiro atoms. The van der Waals surface area contributed by atoms with Crippen LogP contribution in [0.1, 0.15) is 26.2 Å². The highest BCUT2D eigenvalue weighted by molar-refractivity contribution is 6.06. The van der Waals surface area contributed by atoms with E-state index < -0.39 is 0 Å². The van der Waals surface area contributed by atoms with Crippen molar-refractivity contribution in [2.45, 2.75) is 26.2 Å². The van der Waals surface area contributed by atoms with Crippen LogP contribution in [0.2, 0.25) is 0 Å². The monoisotopic (exact) mass is 153 g/mol. The maximum atomic E-state index is 11.2. The highest BCUT2D eigenvalue weighted by Crippen LogP contribution is 2.50. The van der Waals surface area contributed by atoms with Crippen LogP contribution in [0.4, 0.5) is 0 Å². The Morgan fingerprint density at radius 3 is 2.45 bits per heavy atom. The van der Waals surface area contributed by atoms with Crippen molar-refractivity contribution in [3.8, 4) is 0 Å². The quantitative estimate of drug-likeness (QED) is 0.513. The molecule has 1 saturated carbocycles. The number of hydrogen-bond donors (Lipinski definition) is 1. The summed E-state index contributed by atoms with van der Waals surface area (Å²) in [6.45, 7) is 2.11. The summed E-state index contributed by atoms with van der Waals surface area (Å²) in [6.07, 6.45) is 2.21. The summed E-state index contributed by atoms with van der Waals surface area (Å²) < 4.78 is 0. The van der Waals surface area contributed by atoms with Gasteiger partial charge in [-0.25, -0.2) is 0 Å². The molecule has 1 N–H and O–H groups in total.